The molecule has 0 aliphatic carbocycles. The predicted octanol–water partition coefficient (Wildman–Crippen LogP) is 1.52. The molecule has 0 aliphatic rings. The van der Waals surface area contributed by atoms with Gasteiger partial charge < -0.3 is 10.6 Å². The molecule has 0 atom stereocenters. The van der Waals surface area contributed by atoms with Crippen LogP contribution in [0, 0.1) is 11.3 Å². The van der Waals surface area contributed by atoms with E-state index in [1.54, 1.807) is 19.9 Å². The van der Waals surface area contributed by atoms with Crippen LogP contribution in [-0.4, -0.2) is 43.9 Å². The number of rotatable bonds is 9. The molecular formula is C16H25N5O2S. The Morgan fingerprint density at radius 3 is 2.12 bits per heavy atom. The Kier molecular flexibility index (Phi) is 7.68. The van der Waals surface area contributed by atoms with Crippen LogP contribution in [0.15, 0.2) is 29.0 Å². The Labute approximate surface area is 144 Å². The lowest BCUT2D eigenvalue weighted by Gasteiger charge is -2.18. The van der Waals surface area contributed by atoms with Crippen molar-refractivity contribution in [3.8, 4) is 6.07 Å². The molecular weight excluding hydrogens is 326 g/mol. The molecule has 0 amide bonds. The first-order chi connectivity index (χ1) is 11.5. The summed E-state index contributed by atoms with van der Waals surface area (Å²) in [6.07, 6.45) is 1.30. The summed E-state index contributed by atoms with van der Waals surface area (Å²) < 4.78 is 26.3. The van der Waals surface area contributed by atoms with E-state index >= 15 is 0 Å². The second kappa shape index (κ2) is 9.25. The normalized spacial score (nSPS) is 11.0. The number of sulfonamides is 1. The maximum absolute atomic E-state index is 12.5. The van der Waals surface area contributed by atoms with E-state index < -0.39 is 10.0 Å². The number of nitrogens with one attached hydrogen (secondary N) is 2. The van der Waals surface area contributed by atoms with E-state index in [1.165, 1.54) is 16.6 Å². The molecule has 1 aromatic heterocycles. The van der Waals surface area contributed by atoms with Crippen LogP contribution < -0.4 is 10.6 Å². The molecule has 2 N–H and O–H groups in total. The van der Waals surface area contributed by atoms with E-state index in [9.17, 15) is 13.7 Å². The minimum absolute atomic E-state index is 0.126. The van der Waals surface area contributed by atoms with Crippen molar-refractivity contribution in [1.29, 1.82) is 5.26 Å². The van der Waals surface area contributed by atoms with Crippen molar-refractivity contribution in [2.45, 2.75) is 32.6 Å². The van der Waals surface area contributed by atoms with Crippen molar-refractivity contribution in [2.24, 2.45) is 0 Å². The lowest BCUT2D eigenvalue weighted by Crippen LogP contribution is -2.30. The first-order valence-corrected chi connectivity index (χ1v) is 9.48. The van der Waals surface area contributed by atoms with Gasteiger partial charge in [-0.3, -0.25) is 4.98 Å². The van der Waals surface area contributed by atoms with Crippen LogP contribution in [0.25, 0.3) is 5.57 Å². The summed E-state index contributed by atoms with van der Waals surface area (Å²) in [4.78, 5) is 4.31. The zero-order chi connectivity index (χ0) is 18.2. The summed E-state index contributed by atoms with van der Waals surface area (Å²) >= 11 is 0. The largest absolute Gasteiger partial charge is 0.371 e. The van der Waals surface area contributed by atoms with Gasteiger partial charge >= 0.3 is 0 Å². The third-order valence-corrected chi connectivity index (χ3v) is 5.44. The first-order valence-electron chi connectivity index (χ1n) is 8.04. The summed E-state index contributed by atoms with van der Waals surface area (Å²) in [5.41, 5.74) is 0.776. The van der Waals surface area contributed by atoms with Crippen molar-refractivity contribution in [2.75, 3.05) is 26.2 Å². The predicted molar refractivity (Wildman–Crippen MR) is 94.2 cm³/mol. The molecule has 1 aromatic rings. The van der Waals surface area contributed by atoms with Gasteiger partial charge in [-0.2, -0.15) is 9.57 Å². The Bertz CT molecular complexity index is 693. The van der Waals surface area contributed by atoms with Crippen LogP contribution in [0.4, 0.5) is 0 Å². The van der Waals surface area contributed by atoms with Gasteiger partial charge in [0, 0.05) is 32.4 Å². The quantitative estimate of drug-likeness (QED) is 0.655. The fourth-order valence-corrected chi connectivity index (χ4v) is 3.63. The molecule has 8 heteroatoms. The fourth-order valence-electron chi connectivity index (χ4n) is 2.23. The Morgan fingerprint density at radius 2 is 1.75 bits per heavy atom. The number of allylic oxidation sites excluding steroid dienone is 1. The number of nitrogens with zero attached hydrogens (tertiary/aromatic N) is 3. The molecule has 1 heterocycles. The van der Waals surface area contributed by atoms with E-state index in [2.05, 4.69) is 21.7 Å². The second-order valence-corrected chi connectivity index (χ2v) is 6.83. The van der Waals surface area contributed by atoms with Gasteiger partial charge in [-0.05, 0) is 26.0 Å². The third-order valence-electron chi connectivity index (χ3n) is 3.40. The highest BCUT2D eigenvalue weighted by atomic mass is 32.2. The van der Waals surface area contributed by atoms with Gasteiger partial charge in [0.05, 0.1) is 5.69 Å². The van der Waals surface area contributed by atoms with Crippen molar-refractivity contribution < 1.29 is 8.42 Å². The van der Waals surface area contributed by atoms with Crippen LogP contribution in [0.2, 0.25) is 0 Å². The number of pyridine rings is 1. The lowest BCUT2D eigenvalue weighted by atomic mass is 10.2. The van der Waals surface area contributed by atoms with Gasteiger partial charge in [0.2, 0.25) is 10.0 Å². The summed E-state index contributed by atoms with van der Waals surface area (Å²) in [5, 5.41) is 15.6. The van der Waals surface area contributed by atoms with Gasteiger partial charge in [-0.15, -0.1) is 0 Å². The highest BCUT2D eigenvalue weighted by Crippen LogP contribution is 2.18. The number of hydrogen-bond acceptors (Lipinski definition) is 6. The van der Waals surface area contributed by atoms with E-state index in [-0.39, 0.29) is 4.90 Å². The Balaban J connectivity index is 3.27. The number of nitriles is 1. The molecule has 0 fully saturated rings. The van der Waals surface area contributed by atoms with Gasteiger partial charge in [0.25, 0.3) is 0 Å². The minimum Gasteiger partial charge on any atom is -0.371 e. The van der Waals surface area contributed by atoms with Crippen molar-refractivity contribution in [3.05, 3.63) is 29.8 Å². The molecule has 0 aromatic carbocycles. The molecule has 0 saturated carbocycles. The summed E-state index contributed by atoms with van der Waals surface area (Å²) in [5.74, 6) is 0.592. The van der Waals surface area contributed by atoms with Gasteiger partial charge in [0.1, 0.15) is 22.4 Å². The molecule has 0 unspecified atom stereocenters. The summed E-state index contributed by atoms with van der Waals surface area (Å²) in [6.45, 7) is 9.55. The van der Waals surface area contributed by atoms with Crippen LogP contribution in [0.5, 0.6) is 0 Å². The van der Waals surface area contributed by atoms with Crippen LogP contribution in [0.1, 0.15) is 33.4 Å². The lowest BCUT2D eigenvalue weighted by molar-refractivity contribution is 0.445. The average Bonchev–Trinajstić information content (AvgIpc) is 2.57. The maximum Gasteiger partial charge on any atom is 0.244 e. The fraction of sp³-hybridized carbons (Fsp3) is 0.500. The molecule has 0 aliphatic heterocycles. The molecule has 0 bridgehead atoms. The van der Waals surface area contributed by atoms with Crippen molar-refractivity contribution >= 4 is 15.6 Å². The summed E-state index contributed by atoms with van der Waals surface area (Å²) in [7, 11) is -3.55. The Hall–Kier alpha value is -2.11. The number of aromatic nitrogens is 1. The van der Waals surface area contributed by atoms with Gasteiger partial charge in [0.15, 0.2) is 0 Å². The topological polar surface area (TPSA) is 98.1 Å². The zero-order valence-electron chi connectivity index (χ0n) is 14.6. The molecule has 0 saturated heterocycles. The third kappa shape index (κ3) is 4.46. The van der Waals surface area contributed by atoms with Crippen molar-refractivity contribution in [1.82, 2.24) is 19.9 Å². The van der Waals surface area contributed by atoms with E-state index in [4.69, 9.17) is 0 Å². The van der Waals surface area contributed by atoms with Gasteiger partial charge in [-0.1, -0.05) is 13.8 Å². The molecule has 7 nitrogen and oxygen atoms in total. The SMILES string of the molecule is CCNC(NCC)=C(C#N)c1ccc(S(=O)(=O)N(CC)CC)cn1. The smallest absolute Gasteiger partial charge is 0.244 e. The van der Waals surface area contributed by atoms with Crippen molar-refractivity contribution in [3.63, 3.8) is 0 Å². The molecule has 0 spiro atoms. The summed E-state index contributed by atoms with van der Waals surface area (Å²) in [6, 6.07) is 5.17. The van der Waals surface area contributed by atoms with Gasteiger partial charge in [-0.25, -0.2) is 8.42 Å². The highest BCUT2D eigenvalue weighted by molar-refractivity contribution is 7.89. The number of hydrogen-bond donors (Lipinski definition) is 2. The Morgan fingerprint density at radius 1 is 1.17 bits per heavy atom. The molecule has 0 radical (unpaired) electrons. The molecule has 1 rings (SSSR count). The van der Waals surface area contributed by atoms with Crippen LogP contribution in [0.3, 0.4) is 0 Å². The standard InChI is InChI=1S/C16H25N5O2S/c1-5-18-16(19-6-2)14(11-17)15-10-9-13(12-20-15)24(22,23)21(7-3)8-4/h9-10,12,18-19H,5-8H2,1-4H3. The van der Waals surface area contributed by atoms with Crippen LogP contribution in [-0.2, 0) is 10.0 Å². The zero-order valence-corrected chi connectivity index (χ0v) is 15.4. The average molecular weight is 351 g/mol. The molecule has 132 valence electrons. The molecule has 24 heavy (non-hydrogen) atoms. The van der Waals surface area contributed by atoms with Crippen LogP contribution >= 0.6 is 0 Å². The van der Waals surface area contributed by atoms with E-state index in [0.29, 0.717) is 43.3 Å². The second-order valence-electron chi connectivity index (χ2n) is 4.89. The minimum atomic E-state index is -3.55. The van der Waals surface area contributed by atoms with E-state index in [1.807, 2.05) is 13.8 Å². The monoisotopic (exact) mass is 351 g/mol. The maximum atomic E-state index is 12.5. The highest BCUT2D eigenvalue weighted by Gasteiger charge is 2.22. The first kappa shape index (κ1) is 19.9. The van der Waals surface area contributed by atoms with E-state index in [0.717, 1.165) is 0 Å².